The summed E-state index contributed by atoms with van der Waals surface area (Å²) in [4.78, 5) is 0. The number of methoxy groups -OCH3 is 1. The summed E-state index contributed by atoms with van der Waals surface area (Å²) in [6, 6.07) is 28.6. The third kappa shape index (κ3) is 3.43. The van der Waals surface area contributed by atoms with Gasteiger partial charge in [0.25, 0.3) is 0 Å². The molecule has 3 heteroatoms. The molecule has 0 saturated heterocycles. The molecule has 0 fully saturated rings. The van der Waals surface area contributed by atoms with Gasteiger partial charge in [0.1, 0.15) is 5.75 Å². The first-order valence-corrected chi connectivity index (χ1v) is 12.7. The average Bonchev–Trinajstić information content (AvgIpc) is 2.95. The molecule has 0 bridgehead atoms. The first-order valence-electron chi connectivity index (χ1n) is 12.7. The highest BCUT2D eigenvalue weighted by Crippen LogP contribution is 2.41. The Hall–Kier alpha value is -4.24. The van der Waals surface area contributed by atoms with Crippen LogP contribution in [0, 0.1) is 0 Å². The van der Waals surface area contributed by atoms with Gasteiger partial charge in [-0.2, -0.15) is 9.13 Å². The Morgan fingerprint density at radius 3 is 2.25 bits per heavy atom. The summed E-state index contributed by atoms with van der Waals surface area (Å²) < 4.78 is 10.2. The lowest BCUT2D eigenvalue weighted by molar-refractivity contribution is -0.689. The summed E-state index contributed by atoms with van der Waals surface area (Å²) in [5.74, 6) is 0.879. The molecule has 0 spiro atoms. The molecular weight excluding hydrogens is 440 g/mol. The Morgan fingerprint density at radius 2 is 1.42 bits per heavy atom. The van der Waals surface area contributed by atoms with Crippen LogP contribution in [-0.4, -0.2) is 7.11 Å². The monoisotopic (exact) mass is 468 g/mol. The summed E-state index contributed by atoms with van der Waals surface area (Å²) in [6.45, 7) is 2.04. The van der Waals surface area contributed by atoms with E-state index in [-0.39, 0.29) is 0 Å². The molecule has 0 unspecified atom stereocenters. The summed E-state index contributed by atoms with van der Waals surface area (Å²) in [5, 5.41) is 2.64. The van der Waals surface area contributed by atoms with Gasteiger partial charge in [0.15, 0.2) is 25.5 Å². The van der Waals surface area contributed by atoms with Crippen LogP contribution in [0.25, 0.3) is 45.4 Å². The molecule has 174 valence electrons. The number of fused-ring (bicyclic) bond motifs is 9. The van der Waals surface area contributed by atoms with Gasteiger partial charge in [-0.3, -0.25) is 0 Å². The van der Waals surface area contributed by atoms with Crippen LogP contribution in [-0.2, 0) is 25.9 Å². The number of hydrogen-bond donors (Lipinski definition) is 0. The van der Waals surface area contributed by atoms with Crippen molar-refractivity contribution in [3.05, 3.63) is 114 Å². The van der Waals surface area contributed by atoms with E-state index >= 15 is 0 Å². The largest absolute Gasteiger partial charge is 0.497 e. The number of aromatic nitrogens is 2. The van der Waals surface area contributed by atoms with Crippen molar-refractivity contribution < 1.29 is 13.9 Å². The number of hydrogen-bond acceptors (Lipinski definition) is 1. The molecule has 36 heavy (non-hydrogen) atoms. The smallest absolute Gasteiger partial charge is 0.221 e. The van der Waals surface area contributed by atoms with Crippen LogP contribution in [0.1, 0.15) is 22.3 Å². The van der Waals surface area contributed by atoms with Crippen LogP contribution < -0.4 is 13.9 Å². The lowest BCUT2D eigenvalue weighted by Crippen LogP contribution is -2.43. The zero-order chi connectivity index (χ0) is 24.1. The third-order valence-corrected chi connectivity index (χ3v) is 7.70. The Balaban J connectivity index is 1.39. The molecule has 2 aliphatic rings. The van der Waals surface area contributed by atoms with Crippen LogP contribution in [0.3, 0.4) is 0 Å². The van der Waals surface area contributed by atoms with Gasteiger partial charge >= 0.3 is 0 Å². The summed E-state index contributed by atoms with van der Waals surface area (Å²) in [5.41, 5.74) is 10.8. The van der Waals surface area contributed by atoms with Gasteiger partial charge in [-0.05, 0) is 45.8 Å². The first kappa shape index (κ1) is 21.1. The van der Waals surface area contributed by atoms with E-state index in [1.807, 2.05) is 12.1 Å². The minimum absolute atomic E-state index is 0.879. The van der Waals surface area contributed by atoms with Gasteiger partial charge in [-0.15, -0.1) is 0 Å². The number of pyridine rings is 2. The van der Waals surface area contributed by atoms with E-state index in [9.17, 15) is 0 Å². The van der Waals surface area contributed by atoms with Crippen molar-refractivity contribution in [3.63, 3.8) is 0 Å². The van der Waals surface area contributed by atoms with Crippen molar-refractivity contribution in [2.45, 2.75) is 25.9 Å². The number of benzene rings is 3. The number of nitrogens with zero attached hydrogens (tertiary/aromatic N) is 2. The van der Waals surface area contributed by atoms with E-state index in [4.69, 9.17) is 4.74 Å². The molecule has 3 aromatic carbocycles. The van der Waals surface area contributed by atoms with Crippen molar-refractivity contribution in [2.24, 2.45) is 0 Å². The maximum atomic E-state index is 5.30. The Labute approximate surface area is 211 Å². The quantitative estimate of drug-likeness (QED) is 0.295. The highest BCUT2D eigenvalue weighted by atomic mass is 16.5. The summed E-state index contributed by atoms with van der Waals surface area (Å²) in [6.07, 6.45) is 11.0. The topological polar surface area (TPSA) is 17.0 Å². The molecule has 2 aliphatic heterocycles. The SMILES string of the molecule is COc1ccc(C=Cc2cc[n+]3c(c2)-c2c(ccc4c2-c2c5ccccc5cc[n+]2CC4)CC3)cc1. The van der Waals surface area contributed by atoms with E-state index in [1.165, 1.54) is 50.0 Å². The third-order valence-electron chi connectivity index (χ3n) is 7.70. The van der Waals surface area contributed by atoms with Gasteiger partial charge in [-0.25, -0.2) is 0 Å². The molecule has 0 atom stereocenters. The Kier molecular flexibility index (Phi) is 4.95. The lowest BCUT2D eigenvalue weighted by Gasteiger charge is -2.23. The fourth-order valence-electron chi connectivity index (χ4n) is 5.84. The van der Waals surface area contributed by atoms with Gasteiger partial charge in [0.2, 0.25) is 11.4 Å². The Morgan fingerprint density at radius 1 is 0.694 bits per heavy atom. The Bertz CT molecular complexity index is 1660. The fraction of sp³-hybridized carbons (Fsp3) is 0.152. The highest BCUT2D eigenvalue weighted by Gasteiger charge is 2.34. The van der Waals surface area contributed by atoms with Crippen LogP contribution in [0.4, 0.5) is 0 Å². The lowest BCUT2D eigenvalue weighted by atomic mass is 9.83. The molecule has 2 aromatic heterocycles. The summed E-state index contributed by atoms with van der Waals surface area (Å²) in [7, 11) is 1.70. The van der Waals surface area contributed by atoms with Gasteiger partial charge < -0.3 is 4.74 Å². The molecule has 0 saturated carbocycles. The molecule has 3 nitrogen and oxygen atoms in total. The summed E-state index contributed by atoms with van der Waals surface area (Å²) >= 11 is 0. The first-order chi connectivity index (χ1) is 17.8. The second-order valence-electron chi connectivity index (χ2n) is 9.72. The predicted octanol–water partition coefficient (Wildman–Crippen LogP) is 6.04. The average molecular weight is 469 g/mol. The maximum absolute atomic E-state index is 5.30. The molecule has 0 N–H and O–H groups in total. The molecule has 5 aromatic rings. The van der Waals surface area contributed by atoms with Crippen LogP contribution in [0.2, 0.25) is 0 Å². The van der Waals surface area contributed by atoms with E-state index in [0.29, 0.717) is 0 Å². The standard InChI is InChI=1S/C33H28N2O/c1-36-28-12-8-23(9-13-28)6-7-24-14-18-34-19-16-26-10-11-27-17-21-35-20-15-25-4-2-3-5-29(25)33(35)32(27)31(26)30(34)22-24/h2-15,18,20,22H,16-17,19,21H2,1H3/q+2. The zero-order valence-electron chi connectivity index (χ0n) is 20.4. The van der Waals surface area contributed by atoms with Crippen LogP contribution >= 0.6 is 0 Å². The van der Waals surface area contributed by atoms with E-state index < -0.39 is 0 Å². The normalized spacial score (nSPS) is 13.7. The van der Waals surface area contributed by atoms with Crippen LogP contribution in [0.15, 0.2) is 91.3 Å². The highest BCUT2D eigenvalue weighted by molar-refractivity contribution is 5.98. The maximum Gasteiger partial charge on any atom is 0.221 e. The zero-order valence-corrected chi connectivity index (χ0v) is 20.4. The second kappa shape index (κ2) is 8.46. The molecule has 0 aliphatic carbocycles. The van der Waals surface area contributed by atoms with E-state index in [2.05, 4.69) is 100 Å². The fourth-order valence-corrected chi connectivity index (χ4v) is 5.84. The van der Waals surface area contributed by atoms with Crippen LogP contribution in [0.5, 0.6) is 5.75 Å². The number of ether oxygens (including phenoxy) is 1. The van der Waals surface area contributed by atoms with Crippen molar-refractivity contribution in [1.29, 1.82) is 0 Å². The van der Waals surface area contributed by atoms with Crippen molar-refractivity contribution in [1.82, 2.24) is 0 Å². The molecule has 4 heterocycles. The molecule has 7 rings (SSSR count). The van der Waals surface area contributed by atoms with Crippen molar-refractivity contribution in [3.8, 4) is 28.3 Å². The van der Waals surface area contributed by atoms with E-state index in [1.54, 1.807) is 7.11 Å². The van der Waals surface area contributed by atoms with E-state index in [0.717, 1.165) is 37.2 Å². The molecule has 0 amide bonds. The minimum atomic E-state index is 0.879. The minimum Gasteiger partial charge on any atom is -0.497 e. The van der Waals surface area contributed by atoms with Gasteiger partial charge in [-0.1, -0.05) is 54.6 Å². The predicted molar refractivity (Wildman–Crippen MR) is 145 cm³/mol. The molecule has 0 radical (unpaired) electrons. The number of rotatable bonds is 3. The number of aryl methyl sites for hydroxylation is 4. The van der Waals surface area contributed by atoms with Crippen molar-refractivity contribution >= 4 is 22.9 Å². The van der Waals surface area contributed by atoms with Gasteiger partial charge in [0.05, 0.1) is 23.6 Å². The van der Waals surface area contributed by atoms with Gasteiger partial charge in [0, 0.05) is 31.0 Å². The van der Waals surface area contributed by atoms with Crippen molar-refractivity contribution in [2.75, 3.05) is 7.11 Å². The second-order valence-corrected chi connectivity index (χ2v) is 9.72. The molecular formula is C33H28N2O+2.